The van der Waals surface area contributed by atoms with Crippen molar-refractivity contribution in [2.45, 2.75) is 0 Å². The van der Waals surface area contributed by atoms with Gasteiger partial charge >= 0.3 is 0 Å². The summed E-state index contributed by atoms with van der Waals surface area (Å²) in [5.74, 6) is 0.331. The van der Waals surface area contributed by atoms with Gasteiger partial charge in [0.05, 0.1) is 11.1 Å². The molecule has 0 bridgehead atoms. The highest BCUT2D eigenvalue weighted by Crippen LogP contribution is 2.32. The molecule has 0 atom stereocenters. The molecule has 0 fully saturated rings. The van der Waals surface area contributed by atoms with Gasteiger partial charge < -0.3 is 9.84 Å². The van der Waals surface area contributed by atoms with Gasteiger partial charge in [-0.15, -0.1) is 0 Å². The van der Waals surface area contributed by atoms with E-state index in [-0.39, 0.29) is 19.0 Å². The summed E-state index contributed by atoms with van der Waals surface area (Å²) in [4.78, 5) is 0. The molecule has 1 N–H and O–H groups in total. The third-order valence-electron chi connectivity index (χ3n) is 2.69. The molecule has 0 amide bonds. The van der Waals surface area contributed by atoms with Gasteiger partial charge in [0.15, 0.2) is 0 Å². The van der Waals surface area contributed by atoms with E-state index in [1.807, 2.05) is 6.07 Å². The summed E-state index contributed by atoms with van der Waals surface area (Å²) in [5, 5.41) is 8.68. The molecule has 104 valence electrons. The number of ether oxygens (including phenoxy) is 1. The van der Waals surface area contributed by atoms with Crippen molar-refractivity contribution in [3.05, 3.63) is 65.7 Å². The molecule has 0 spiro atoms. The molecule has 0 radical (unpaired) electrons. The zero-order valence-electron chi connectivity index (χ0n) is 10.7. The molecule has 0 heterocycles. The van der Waals surface area contributed by atoms with Crippen LogP contribution in [0.2, 0.25) is 0 Å². The van der Waals surface area contributed by atoms with E-state index < -0.39 is 0 Å². The molecule has 0 aliphatic carbocycles. The van der Waals surface area contributed by atoms with Crippen LogP contribution >= 0.6 is 15.9 Å². The minimum absolute atomic E-state index is 0.0337. The van der Waals surface area contributed by atoms with Crippen LogP contribution in [0.25, 0.3) is 10.3 Å². The van der Waals surface area contributed by atoms with Gasteiger partial charge in [0.25, 0.3) is 0 Å². The highest BCUT2D eigenvalue weighted by Gasteiger charge is 2.08. The van der Waals surface area contributed by atoms with Gasteiger partial charge in [-0.2, -0.15) is 0 Å². The third-order valence-corrected chi connectivity index (χ3v) is 3.49. The molecule has 20 heavy (non-hydrogen) atoms. The van der Waals surface area contributed by atoms with Crippen LogP contribution in [-0.2, 0) is 0 Å². The van der Waals surface area contributed by atoms with Crippen LogP contribution in [0.4, 0.5) is 4.39 Å². The van der Waals surface area contributed by atoms with E-state index in [1.54, 1.807) is 48.5 Å². The zero-order chi connectivity index (χ0) is 14.4. The van der Waals surface area contributed by atoms with E-state index in [0.717, 1.165) is 5.56 Å². The lowest BCUT2D eigenvalue weighted by Crippen LogP contribution is -2.01. The lowest BCUT2D eigenvalue weighted by Gasteiger charge is -2.07. The van der Waals surface area contributed by atoms with Crippen LogP contribution in [0.5, 0.6) is 5.75 Å². The first-order valence-corrected chi connectivity index (χ1v) is 6.96. The summed E-state index contributed by atoms with van der Waals surface area (Å²) in [6, 6.07) is 15.9. The molecule has 0 aliphatic rings. The van der Waals surface area contributed by atoms with Crippen molar-refractivity contribution in [1.29, 1.82) is 0 Å². The second-order valence-electron chi connectivity index (χ2n) is 4.09. The SMILES string of the molecule is OCCOc1ccc(/C(Br)=C(/F)c2ccccc2)cc1. The Morgan fingerprint density at radius 2 is 1.65 bits per heavy atom. The van der Waals surface area contributed by atoms with Crippen molar-refractivity contribution in [1.82, 2.24) is 0 Å². The molecule has 0 saturated carbocycles. The number of halogens is 2. The van der Waals surface area contributed by atoms with Crippen LogP contribution in [0.3, 0.4) is 0 Å². The number of rotatable bonds is 5. The average molecular weight is 337 g/mol. The van der Waals surface area contributed by atoms with Crippen molar-refractivity contribution in [2.75, 3.05) is 13.2 Å². The predicted octanol–water partition coefficient (Wildman–Crippen LogP) is 4.25. The molecule has 0 unspecified atom stereocenters. The fourth-order valence-corrected chi connectivity index (χ4v) is 2.19. The second-order valence-corrected chi connectivity index (χ2v) is 4.88. The third kappa shape index (κ3) is 3.68. The zero-order valence-corrected chi connectivity index (χ0v) is 12.3. The van der Waals surface area contributed by atoms with E-state index >= 15 is 0 Å². The molecule has 2 aromatic rings. The molecule has 2 aromatic carbocycles. The molecule has 0 aromatic heterocycles. The summed E-state index contributed by atoms with van der Waals surface area (Å²) >= 11 is 3.29. The summed E-state index contributed by atoms with van der Waals surface area (Å²) in [6.45, 7) is 0.211. The molecular weight excluding hydrogens is 323 g/mol. The smallest absolute Gasteiger partial charge is 0.145 e. The minimum Gasteiger partial charge on any atom is -0.491 e. The van der Waals surface area contributed by atoms with E-state index in [9.17, 15) is 4.39 Å². The van der Waals surface area contributed by atoms with Gasteiger partial charge in [0, 0.05) is 5.56 Å². The Hall–Kier alpha value is -1.65. The van der Waals surface area contributed by atoms with Gasteiger partial charge in [0.2, 0.25) is 0 Å². The number of hydrogen-bond acceptors (Lipinski definition) is 2. The highest BCUT2D eigenvalue weighted by molar-refractivity contribution is 9.15. The van der Waals surface area contributed by atoms with Crippen molar-refractivity contribution in [3.63, 3.8) is 0 Å². The summed E-state index contributed by atoms with van der Waals surface area (Å²) in [6.07, 6.45) is 0. The Labute approximate surface area is 125 Å². The predicted molar refractivity (Wildman–Crippen MR) is 82.3 cm³/mol. The van der Waals surface area contributed by atoms with Crippen LogP contribution in [0, 0.1) is 0 Å². The van der Waals surface area contributed by atoms with E-state index in [0.29, 0.717) is 15.8 Å². The molecular formula is C16H14BrFO2. The molecule has 2 nitrogen and oxygen atoms in total. The Bertz CT molecular complexity index is 579. The normalized spacial score (nSPS) is 11.9. The van der Waals surface area contributed by atoms with Crippen LogP contribution in [0.15, 0.2) is 54.6 Å². The monoisotopic (exact) mass is 336 g/mol. The maximum atomic E-state index is 14.3. The lowest BCUT2D eigenvalue weighted by molar-refractivity contribution is 0.201. The number of aliphatic hydroxyl groups excluding tert-OH is 1. The van der Waals surface area contributed by atoms with Crippen molar-refractivity contribution in [3.8, 4) is 5.75 Å². The topological polar surface area (TPSA) is 29.5 Å². The maximum absolute atomic E-state index is 14.3. The fraction of sp³-hybridized carbons (Fsp3) is 0.125. The molecule has 0 aliphatic heterocycles. The van der Waals surface area contributed by atoms with Crippen molar-refractivity contribution >= 4 is 26.2 Å². The second kappa shape index (κ2) is 7.22. The van der Waals surface area contributed by atoms with Crippen molar-refractivity contribution in [2.24, 2.45) is 0 Å². The quantitative estimate of drug-likeness (QED) is 0.827. The highest BCUT2D eigenvalue weighted by atomic mass is 79.9. The number of hydrogen-bond donors (Lipinski definition) is 1. The van der Waals surface area contributed by atoms with Gasteiger partial charge in [-0.1, -0.05) is 42.5 Å². The Kier molecular flexibility index (Phi) is 5.32. The summed E-state index contributed by atoms with van der Waals surface area (Å²) in [5.41, 5.74) is 1.25. The maximum Gasteiger partial charge on any atom is 0.145 e. The molecule has 4 heteroatoms. The first-order valence-electron chi connectivity index (χ1n) is 6.17. The Balaban J connectivity index is 2.22. The first-order chi connectivity index (χ1) is 9.72. The minimum atomic E-state index is -0.311. The molecule has 0 saturated heterocycles. The van der Waals surface area contributed by atoms with Crippen LogP contribution in [-0.4, -0.2) is 18.3 Å². The number of aliphatic hydroxyl groups is 1. The van der Waals surface area contributed by atoms with Crippen molar-refractivity contribution < 1.29 is 14.2 Å². The average Bonchev–Trinajstić information content (AvgIpc) is 2.53. The number of benzene rings is 2. The van der Waals surface area contributed by atoms with Gasteiger partial charge in [-0.05, 0) is 33.6 Å². The Morgan fingerprint density at radius 3 is 2.25 bits per heavy atom. The first kappa shape index (κ1) is 14.8. The standard InChI is InChI=1S/C16H14BrFO2/c17-15(16(18)13-4-2-1-3-5-13)12-6-8-14(9-7-12)20-11-10-19/h1-9,19H,10-11H2/b16-15-. The Morgan fingerprint density at radius 1 is 1.00 bits per heavy atom. The fourth-order valence-electron chi connectivity index (χ4n) is 1.70. The summed E-state index contributed by atoms with van der Waals surface area (Å²) in [7, 11) is 0. The largest absolute Gasteiger partial charge is 0.491 e. The van der Waals surface area contributed by atoms with Crippen LogP contribution in [0.1, 0.15) is 11.1 Å². The van der Waals surface area contributed by atoms with Gasteiger partial charge in [0.1, 0.15) is 18.2 Å². The van der Waals surface area contributed by atoms with Gasteiger partial charge in [-0.3, -0.25) is 0 Å². The molecule has 2 rings (SSSR count). The van der Waals surface area contributed by atoms with E-state index in [1.165, 1.54) is 0 Å². The summed E-state index contributed by atoms with van der Waals surface area (Å²) < 4.78 is 19.9. The van der Waals surface area contributed by atoms with Crippen LogP contribution < -0.4 is 4.74 Å². The lowest BCUT2D eigenvalue weighted by atomic mass is 10.1. The van der Waals surface area contributed by atoms with E-state index in [4.69, 9.17) is 9.84 Å². The van der Waals surface area contributed by atoms with E-state index in [2.05, 4.69) is 15.9 Å². The van der Waals surface area contributed by atoms with Gasteiger partial charge in [-0.25, -0.2) is 4.39 Å².